The number of halogens is 1. The number of carbonyl (C=O) groups is 1. The topological polar surface area (TPSA) is 67.6 Å². The Morgan fingerprint density at radius 3 is 2.35 bits per heavy atom. The maximum atomic E-state index is 14.2. The first-order valence-electron chi connectivity index (χ1n) is 8.51. The minimum Gasteiger partial charge on any atom is -0.478 e. The van der Waals surface area contributed by atoms with Crippen LogP contribution in [0.25, 0.3) is 0 Å². The van der Waals surface area contributed by atoms with Crippen molar-refractivity contribution < 1.29 is 14.3 Å². The second-order valence-electron chi connectivity index (χ2n) is 6.40. The zero-order chi connectivity index (χ0) is 18.7. The maximum absolute atomic E-state index is 14.2. The molecular weight excluding hydrogens is 333 g/mol. The fraction of sp³-hybridized carbons (Fsp3) is 0.300. The molecule has 1 atom stereocenters. The number of piperazine rings is 1. The molecule has 0 aliphatic carbocycles. The number of benzene rings is 2. The Labute approximate surface area is 151 Å². The number of hydrogen-bond donors (Lipinski definition) is 1. The van der Waals surface area contributed by atoms with E-state index in [2.05, 4.69) is 11.8 Å². The van der Waals surface area contributed by atoms with Gasteiger partial charge in [0, 0.05) is 32.2 Å². The first kappa shape index (κ1) is 17.9. The van der Waals surface area contributed by atoms with Gasteiger partial charge in [-0.3, -0.25) is 4.90 Å². The highest BCUT2D eigenvalue weighted by molar-refractivity contribution is 5.87. The molecule has 1 aliphatic rings. The van der Waals surface area contributed by atoms with Crippen LogP contribution in [0.5, 0.6) is 0 Å². The third-order valence-corrected chi connectivity index (χ3v) is 4.92. The van der Waals surface area contributed by atoms with Gasteiger partial charge in [0.15, 0.2) is 0 Å². The molecule has 1 N–H and O–H groups in total. The fourth-order valence-corrected chi connectivity index (χ4v) is 3.30. The normalized spacial score (nSPS) is 16.1. The van der Waals surface area contributed by atoms with Crippen molar-refractivity contribution >= 4 is 11.7 Å². The second kappa shape index (κ2) is 7.54. The zero-order valence-corrected chi connectivity index (χ0v) is 14.5. The number of anilines is 1. The fourth-order valence-electron chi connectivity index (χ4n) is 3.30. The molecule has 0 spiro atoms. The van der Waals surface area contributed by atoms with Crippen LogP contribution in [0.3, 0.4) is 0 Å². The standard InChI is InChI=1S/C20H20FN3O2/c1-14(16-3-5-17(6-4-16)20(25)26)23-8-10-24(11-9-23)19-7-2-15(13-22)12-18(19)21/h2-7,12,14H,8-11H2,1H3,(H,25,26). The van der Waals surface area contributed by atoms with Gasteiger partial charge in [-0.2, -0.15) is 5.26 Å². The van der Waals surface area contributed by atoms with E-state index in [1.54, 1.807) is 24.3 Å². The van der Waals surface area contributed by atoms with Crippen molar-refractivity contribution in [3.8, 4) is 6.07 Å². The molecule has 0 saturated carbocycles. The van der Waals surface area contributed by atoms with Crippen LogP contribution in [-0.2, 0) is 0 Å². The Balaban J connectivity index is 1.64. The largest absolute Gasteiger partial charge is 0.478 e. The SMILES string of the molecule is CC(c1ccc(C(=O)O)cc1)N1CCN(c2ccc(C#N)cc2F)CC1. The zero-order valence-electron chi connectivity index (χ0n) is 14.5. The Kier molecular flexibility index (Phi) is 5.19. The molecule has 2 aromatic rings. The molecule has 2 aromatic carbocycles. The van der Waals surface area contributed by atoms with Gasteiger partial charge in [-0.15, -0.1) is 0 Å². The first-order valence-corrected chi connectivity index (χ1v) is 8.51. The van der Waals surface area contributed by atoms with E-state index in [1.807, 2.05) is 23.1 Å². The Hall–Kier alpha value is -2.91. The van der Waals surface area contributed by atoms with Gasteiger partial charge in [0.05, 0.1) is 22.9 Å². The smallest absolute Gasteiger partial charge is 0.335 e. The monoisotopic (exact) mass is 353 g/mol. The summed E-state index contributed by atoms with van der Waals surface area (Å²) in [5.74, 6) is -1.29. The summed E-state index contributed by atoms with van der Waals surface area (Å²) in [6, 6.07) is 13.6. The quantitative estimate of drug-likeness (QED) is 0.914. The van der Waals surface area contributed by atoms with Gasteiger partial charge in [0.1, 0.15) is 5.82 Å². The lowest BCUT2D eigenvalue weighted by Gasteiger charge is -2.39. The summed E-state index contributed by atoms with van der Waals surface area (Å²) in [4.78, 5) is 15.3. The van der Waals surface area contributed by atoms with Crippen molar-refractivity contribution in [3.63, 3.8) is 0 Å². The number of carboxylic acid groups (broad SMARTS) is 1. The van der Waals surface area contributed by atoms with E-state index in [9.17, 15) is 9.18 Å². The van der Waals surface area contributed by atoms with Crippen LogP contribution in [0.2, 0.25) is 0 Å². The number of carboxylic acids is 1. The van der Waals surface area contributed by atoms with Gasteiger partial charge in [-0.1, -0.05) is 12.1 Å². The van der Waals surface area contributed by atoms with Gasteiger partial charge in [-0.05, 0) is 42.8 Å². The Morgan fingerprint density at radius 2 is 1.81 bits per heavy atom. The van der Waals surface area contributed by atoms with E-state index >= 15 is 0 Å². The van der Waals surface area contributed by atoms with Crippen molar-refractivity contribution in [1.29, 1.82) is 5.26 Å². The van der Waals surface area contributed by atoms with Crippen LogP contribution in [-0.4, -0.2) is 42.2 Å². The van der Waals surface area contributed by atoms with E-state index in [4.69, 9.17) is 10.4 Å². The molecule has 0 amide bonds. The molecule has 0 radical (unpaired) electrons. The Bertz CT molecular complexity index is 837. The van der Waals surface area contributed by atoms with Crippen LogP contribution in [0, 0.1) is 17.1 Å². The predicted molar refractivity (Wildman–Crippen MR) is 96.7 cm³/mol. The summed E-state index contributed by atoms with van der Waals surface area (Å²) < 4.78 is 14.2. The van der Waals surface area contributed by atoms with E-state index in [0.717, 1.165) is 18.7 Å². The number of rotatable bonds is 4. The van der Waals surface area contributed by atoms with Gasteiger partial charge >= 0.3 is 5.97 Å². The highest BCUT2D eigenvalue weighted by atomic mass is 19.1. The van der Waals surface area contributed by atoms with Crippen LogP contribution < -0.4 is 4.90 Å². The molecule has 6 heteroatoms. The summed E-state index contributed by atoms with van der Waals surface area (Å²) in [6.45, 7) is 5.04. The molecule has 1 aliphatic heterocycles. The lowest BCUT2D eigenvalue weighted by Crippen LogP contribution is -2.47. The van der Waals surface area contributed by atoms with Gasteiger partial charge in [-0.25, -0.2) is 9.18 Å². The summed E-state index contributed by atoms with van der Waals surface area (Å²) in [6.07, 6.45) is 0. The summed E-state index contributed by atoms with van der Waals surface area (Å²) >= 11 is 0. The first-order chi connectivity index (χ1) is 12.5. The van der Waals surface area contributed by atoms with E-state index in [-0.39, 0.29) is 17.4 Å². The molecular formula is C20H20FN3O2. The molecule has 1 fully saturated rings. The lowest BCUT2D eigenvalue weighted by atomic mass is 10.0. The third-order valence-electron chi connectivity index (χ3n) is 4.92. The Morgan fingerprint density at radius 1 is 1.15 bits per heavy atom. The van der Waals surface area contributed by atoms with Crippen LogP contribution in [0.4, 0.5) is 10.1 Å². The van der Waals surface area contributed by atoms with Crippen molar-refractivity contribution in [2.45, 2.75) is 13.0 Å². The molecule has 1 unspecified atom stereocenters. The van der Waals surface area contributed by atoms with Crippen molar-refractivity contribution in [2.75, 3.05) is 31.1 Å². The molecule has 26 heavy (non-hydrogen) atoms. The molecule has 1 saturated heterocycles. The van der Waals surface area contributed by atoms with Crippen molar-refractivity contribution in [1.82, 2.24) is 4.90 Å². The van der Waals surface area contributed by atoms with Crippen LogP contribution in [0.15, 0.2) is 42.5 Å². The van der Waals surface area contributed by atoms with Gasteiger partial charge in [0.25, 0.3) is 0 Å². The summed E-state index contributed by atoms with van der Waals surface area (Å²) in [5, 5.41) is 17.8. The highest BCUT2D eigenvalue weighted by Gasteiger charge is 2.23. The molecule has 1 heterocycles. The average Bonchev–Trinajstić information content (AvgIpc) is 2.67. The van der Waals surface area contributed by atoms with Gasteiger partial charge < -0.3 is 10.0 Å². The number of nitriles is 1. The van der Waals surface area contributed by atoms with Crippen LogP contribution >= 0.6 is 0 Å². The number of aromatic carboxylic acids is 1. The molecule has 3 rings (SSSR count). The highest BCUT2D eigenvalue weighted by Crippen LogP contribution is 2.26. The maximum Gasteiger partial charge on any atom is 0.335 e. The molecule has 0 aromatic heterocycles. The van der Waals surface area contributed by atoms with Crippen molar-refractivity contribution in [2.24, 2.45) is 0 Å². The molecule has 134 valence electrons. The van der Waals surface area contributed by atoms with E-state index < -0.39 is 5.97 Å². The minimum atomic E-state index is -0.928. The van der Waals surface area contributed by atoms with Crippen LogP contribution in [0.1, 0.15) is 34.5 Å². The second-order valence-corrected chi connectivity index (χ2v) is 6.40. The molecule has 0 bridgehead atoms. The number of nitrogens with zero attached hydrogens (tertiary/aromatic N) is 3. The minimum absolute atomic E-state index is 0.158. The summed E-state index contributed by atoms with van der Waals surface area (Å²) in [5.41, 5.74) is 2.19. The number of hydrogen-bond acceptors (Lipinski definition) is 4. The molecule has 5 nitrogen and oxygen atoms in total. The average molecular weight is 353 g/mol. The predicted octanol–water partition coefficient (Wildman–Crippen LogP) is 3.28. The van der Waals surface area contributed by atoms with E-state index in [1.165, 1.54) is 6.07 Å². The van der Waals surface area contributed by atoms with Crippen molar-refractivity contribution in [3.05, 3.63) is 65.0 Å². The van der Waals surface area contributed by atoms with Gasteiger partial charge in [0.2, 0.25) is 0 Å². The van der Waals surface area contributed by atoms with E-state index in [0.29, 0.717) is 24.3 Å². The summed E-state index contributed by atoms with van der Waals surface area (Å²) in [7, 11) is 0. The third kappa shape index (κ3) is 3.68. The lowest BCUT2D eigenvalue weighted by molar-refractivity contribution is 0.0697.